The zero-order valence-corrected chi connectivity index (χ0v) is 15.3. The largest absolute Gasteiger partial charge is 0.375 e. The van der Waals surface area contributed by atoms with Crippen molar-refractivity contribution in [2.24, 2.45) is 0 Å². The summed E-state index contributed by atoms with van der Waals surface area (Å²) in [6.07, 6.45) is 4.72. The Kier molecular flexibility index (Phi) is 5.61. The average Bonchev–Trinajstić information content (AvgIpc) is 2.95. The second kappa shape index (κ2) is 7.70. The molecule has 8 heteroatoms. The third-order valence-electron chi connectivity index (χ3n) is 4.04. The van der Waals surface area contributed by atoms with E-state index in [-0.39, 0.29) is 11.9 Å². The van der Waals surface area contributed by atoms with Gasteiger partial charge in [0.1, 0.15) is 0 Å². The lowest BCUT2D eigenvalue weighted by molar-refractivity contribution is -0.122. The summed E-state index contributed by atoms with van der Waals surface area (Å²) < 4.78 is 0. The predicted molar refractivity (Wildman–Crippen MR) is 99.7 cm³/mol. The Morgan fingerprint density at radius 3 is 2.96 bits per heavy atom. The fourth-order valence-corrected chi connectivity index (χ4v) is 4.05. The summed E-state index contributed by atoms with van der Waals surface area (Å²) >= 11 is 13.5. The van der Waals surface area contributed by atoms with E-state index in [1.807, 2.05) is 0 Å². The van der Waals surface area contributed by atoms with Crippen molar-refractivity contribution in [2.75, 3.05) is 17.6 Å². The Labute approximate surface area is 154 Å². The molecule has 0 bridgehead atoms. The van der Waals surface area contributed by atoms with Gasteiger partial charge in [0.2, 0.25) is 5.91 Å². The van der Waals surface area contributed by atoms with Gasteiger partial charge in [-0.1, -0.05) is 29.6 Å². The Hall–Kier alpha value is -1.34. The molecule has 1 aromatic carbocycles. The Morgan fingerprint density at radius 2 is 2.25 bits per heavy atom. The van der Waals surface area contributed by atoms with Crippen molar-refractivity contribution in [2.45, 2.75) is 31.8 Å². The van der Waals surface area contributed by atoms with E-state index >= 15 is 0 Å². The van der Waals surface area contributed by atoms with Gasteiger partial charge >= 0.3 is 0 Å². The summed E-state index contributed by atoms with van der Waals surface area (Å²) in [5, 5.41) is 4.45. The van der Waals surface area contributed by atoms with Gasteiger partial charge in [0.05, 0.1) is 16.8 Å². The monoisotopic (exact) mass is 384 g/mol. The first-order valence-corrected chi connectivity index (χ1v) is 9.30. The molecular formula is C16H18Cl2N4OS. The number of anilines is 2. The molecule has 24 heavy (non-hydrogen) atoms. The molecule has 5 nitrogen and oxygen atoms in total. The summed E-state index contributed by atoms with van der Waals surface area (Å²) in [6.45, 7) is 1.56. The van der Waals surface area contributed by atoms with Crippen molar-refractivity contribution in [1.82, 2.24) is 9.88 Å². The Balaban J connectivity index is 1.71. The van der Waals surface area contributed by atoms with Crippen LogP contribution in [0.3, 0.4) is 0 Å². The molecule has 1 aliphatic rings. The number of aromatic nitrogens is 1. The highest BCUT2D eigenvalue weighted by Gasteiger charge is 2.29. The number of carbonyl (C=O) groups excluding carboxylic acids is 1. The minimum absolute atomic E-state index is 0.0450. The van der Waals surface area contributed by atoms with Crippen LogP contribution in [0, 0.1) is 0 Å². The highest BCUT2D eigenvalue weighted by Crippen LogP contribution is 2.28. The van der Waals surface area contributed by atoms with Gasteiger partial charge in [0.25, 0.3) is 0 Å². The number of hydrogen-bond acceptors (Lipinski definition) is 5. The number of likely N-dealkylation sites (tertiary alicyclic amines) is 1. The first kappa shape index (κ1) is 17.5. The standard InChI is InChI=1S/C16H18Cl2N4OS/c17-10-4-5-13(12(18)7-10)21-15(23)14-3-1-2-6-22(14)9-11-8-20-16(19)24-11/h4-5,7-8,14H,1-3,6,9H2,(H2,19,20)(H,21,23). The van der Waals surface area contributed by atoms with Gasteiger partial charge in [-0.25, -0.2) is 4.98 Å². The molecule has 3 rings (SSSR count). The van der Waals surface area contributed by atoms with Crippen LogP contribution >= 0.6 is 34.5 Å². The summed E-state index contributed by atoms with van der Waals surface area (Å²) in [6, 6.07) is 4.87. The molecule has 0 spiro atoms. The van der Waals surface area contributed by atoms with Crippen LogP contribution in [0.4, 0.5) is 10.8 Å². The van der Waals surface area contributed by atoms with Crippen LogP contribution in [0.2, 0.25) is 10.0 Å². The number of halogens is 2. The number of nitrogens with zero attached hydrogens (tertiary/aromatic N) is 2. The lowest BCUT2D eigenvalue weighted by atomic mass is 10.0. The predicted octanol–water partition coefficient (Wildman–Crippen LogP) is 4.03. The summed E-state index contributed by atoms with van der Waals surface area (Å²) in [5.41, 5.74) is 6.28. The average molecular weight is 385 g/mol. The normalized spacial score (nSPS) is 18.5. The number of amides is 1. The molecular weight excluding hydrogens is 367 g/mol. The molecule has 2 heterocycles. The third-order valence-corrected chi connectivity index (χ3v) is 5.39. The maximum atomic E-state index is 12.7. The Bertz CT molecular complexity index is 737. The second-order valence-corrected chi connectivity index (χ2v) is 7.75. The molecule has 1 amide bonds. The number of rotatable bonds is 4. The quantitative estimate of drug-likeness (QED) is 0.834. The van der Waals surface area contributed by atoms with Gasteiger partial charge in [0, 0.05) is 22.6 Å². The fourth-order valence-electron chi connectivity index (χ4n) is 2.88. The first-order valence-electron chi connectivity index (χ1n) is 7.73. The van der Waals surface area contributed by atoms with Crippen LogP contribution in [-0.4, -0.2) is 28.4 Å². The van der Waals surface area contributed by atoms with E-state index in [2.05, 4.69) is 15.2 Å². The van der Waals surface area contributed by atoms with E-state index in [0.29, 0.717) is 27.4 Å². The van der Waals surface area contributed by atoms with E-state index < -0.39 is 0 Å². The molecule has 1 aromatic heterocycles. The smallest absolute Gasteiger partial charge is 0.241 e. The van der Waals surface area contributed by atoms with Crippen LogP contribution in [0.25, 0.3) is 0 Å². The van der Waals surface area contributed by atoms with Crippen LogP contribution in [0.15, 0.2) is 24.4 Å². The second-order valence-electron chi connectivity index (χ2n) is 5.76. The van der Waals surface area contributed by atoms with E-state index in [0.717, 1.165) is 30.7 Å². The number of thiazole rings is 1. The number of nitrogens with one attached hydrogen (secondary N) is 1. The SMILES string of the molecule is Nc1ncc(CN2CCCCC2C(=O)Nc2ccc(Cl)cc2Cl)s1. The van der Waals surface area contributed by atoms with E-state index in [4.69, 9.17) is 28.9 Å². The summed E-state index contributed by atoms with van der Waals surface area (Å²) in [5.74, 6) is -0.0450. The van der Waals surface area contributed by atoms with Gasteiger partial charge in [-0.3, -0.25) is 9.69 Å². The third kappa shape index (κ3) is 4.19. The molecule has 3 N–H and O–H groups in total. The molecule has 0 saturated carbocycles. The van der Waals surface area contributed by atoms with Gasteiger partial charge < -0.3 is 11.1 Å². The highest BCUT2D eigenvalue weighted by atomic mass is 35.5. The number of benzene rings is 1. The fraction of sp³-hybridized carbons (Fsp3) is 0.375. The minimum atomic E-state index is -0.186. The molecule has 1 fully saturated rings. The molecule has 1 unspecified atom stereocenters. The molecule has 1 saturated heterocycles. The van der Waals surface area contributed by atoms with Gasteiger partial charge in [-0.05, 0) is 37.6 Å². The van der Waals surface area contributed by atoms with Crippen LogP contribution in [0.5, 0.6) is 0 Å². The van der Waals surface area contributed by atoms with Crippen molar-refractivity contribution in [3.63, 3.8) is 0 Å². The summed E-state index contributed by atoms with van der Waals surface area (Å²) in [7, 11) is 0. The van der Waals surface area contributed by atoms with Crippen molar-refractivity contribution >= 4 is 51.3 Å². The maximum absolute atomic E-state index is 12.7. The van der Waals surface area contributed by atoms with E-state index in [1.165, 1.54) is 11.3 Å². The number of hydrogen-bond donors (Lipinski definition) is 2. The number of nitrogen functional groups attached to an aromatic ring is 1. The van der Waals surface area contributed by atoms with Crippen LogP contribution in [0.1, 0.15) is 24.1 Å². The first-order chi connectivity index (χ1) is 11.5. The van der Waals surface area contributed by atoms with Gasteiger partial charge in [0.15, 0.2) is 5.13 Å². The van der Waals surface area contributed by atoms with Crippen LogP contribution in [-0.2, 0) is 11.3 Å². The zero-order valence-electron chi connectivity index (χ0n) is 13.0. The lowest BCUT2D eigenvalue weighted by Crippen LogP contribution is -2.46. The zero-order chi connectivity index (χ0) is 17.1. The number of piperidine rings is 1. The van der Waals surface area contributed by atoms with Crippen LogP contribution < -0.4 is 11.1 Å². The molecule has 0 aliphatic carbocycles. The lowest BCUT2D eigenvalue weighted by Gasteiger charge is -2.34. The Morgan fingerprint density at radius 1 is 1.42 bits per heavy atom. The number of nitrogens with two attached hydrogens (primary N) is 1. The van der Waals surface area contributed by atoms with Crippen molar-refractivity contribution in [3.05, 3.63) is 39.3 Å². The molecule has 2 aromatic rings. The van der Waals surface area contributed by atoms with Crippen molar-refractivity contribution < 1.29 is 4.79 Å². The molecule has 128 valence electrons. The topological polar surface area (TPSA) is 71.2 Å². The maximum Gasteiger partial charge on any atom is 0.241 e. The molecule has 1 atom stereocenters. The van der Waals surface area contributed by atoms with Gasteiger partial charge in [-0.15, -0.1) is 11.3 Å². The van der Waals surface area contributed by atoms with Gasteiger partial charge in [-0.2, -0.15) is 0 Å². The van der Waals surface area contributed by atoms with E-state index in [1.54, 1.807) is 24.4 Å². The summed E-state index contributed by atoms with van der Waals surface area (Å²) in [4.78, 5) is 20.1. The highest BCUT2D eigenvalue weighted by molar-refractivity contribution is 7.15. The van der Waals surface area contributed by atoms with Crippen molar-refractivity contribution in [1.29, 1.82) is 0 Å². The van der Waals surface area contributed by atoms with Crippen molar-refractivity contribution in [3.8, 4) is 0 Å². The molecule has 0 radical (unpaired) electrons. The van der Waals surface area contributed by atoms with E-state index in [9.17, 15) is 4.79 Å². The minimum Gasteiger partial charge on any atom is -0.375 e. The molecule has 1 aliphatic heterocycles. The number of carbonyl (C=O) groups is 1.